The molecule has 22 heavy (non-hydrogen) atoms. The van der Waals surface area contributed by atoms with Crippen molar-refractivity contribution in [3.63, 3.8) is 0 Å². The minimum atomic E-state index is -0.827. The summed E-state index contributed by atoms with van der Waals surface area (Å²) in [6.45, 7) is 2.22. The van der Waals surface area contributed by atoms with Gasteiger partial charge in [0.15, 0.2) is 6.10 Å². The van der Waals surface area contributed by atoms with Crippen LogP contribution in [0.2, 0.25) is 0 Å². The normalized spacial score (nSPS) is 14.3. The second-order valence-corrected chi connectivity index (χ2v) is 5.15. The zero-order valence-electron chi connectivity index (χ0n) is 12.2. The van der Waals surface area contributed by atoms with Crippen LogP contribution in [-0.2, 0) is 16.0 Å². The molecule has 0 spiro atoms. The van der Waals surface area contributed by atoms with Crippen LogP contribution in [0.3, 0.4) is 0 Å². The van der Waals surface area contributed by atoms with E-state index in [0.717, 1.165) is 17.7 Å². The molecule has 0 N–H and O–H groups in total. The zero-order chi connectivity index (χ0) is 15.5. The molecule has 0 radical (unpaired) electrons. The Kier molecular flexibility index (Phi) is 3.87. The van der Waals surface area contributed by atoms with Crippen molar-refractivity contribution >= 4 is 17.6 Å². The Labute approximate surface area is 128 Å². The van der Waals surface area contributed by atoms with Crippen LogP contribution >= 0.6 is 0 Å². The number of hydrogen-bond acceptors (Lipinski definition) is 4. The summed E-state index contributed by atoms with van der Waals surface area (Å²) in [6.07, 6.45) is 3.03. The molecule has 1 aliphatic heterocycles. The van der Waals surface area contributed by atoms with Gasteiger partial charge >= 0.3 is 5.97 Å². The molecule has 1 amide bonds. The number of hydrogen-bond donors (Lipinski definition) is 0. The van der Waals surface area contributed by atoms with Gasteiger partial charge in [-0.3, -0.25) is 9.78 Å². The van der Waals surface area contributed by atoms with Gasteiger partial charge in [0.1, 0.15) is 0 Å². The van der Waals surface area contributed by atoms with Crippen LogP contribution in [0.4, 0.5) is 5.69 Å². The first-order valence-electron chi connectivity index (χ1n) is 7.17. The number of para-hydroxylation sites is 1. The molecule has 2 aromatic rings. The van der Waals surface area contributed by atoms with E-state index in [1.165, 1.54) is 12.4 Å². The summed E-state index contributed by atoms with van der Waals surface area (Å²) in [5, 5.41) is 0. The van der Waals surface area contributed by atoms with Gasteiger partial charge in [-0.15, -0.1) is 0 Å². The van der Waals surface area contributed by atoms with Crippen molar-refractivity contribution in [3.8, 4) is 0 Å². The highest BCUT2D eigenvalue weighted by Crippen LogP contribution is 2.28. The van der Waals surface area contributed by atoms with Crippen LogP contribution in [-0.4, -0.2) is 29.5 Å². The minimum absolute atomic E-state index is 0.202. The third-order valence-corrected chi connectivity index (χ3v) is 3.70. The van der Waals surface area contributed by atoms with Gasteiger partial charge in [-0.1, -0.05) is 18.2 Å². The molecule has 0 unspecified atom stereocenters. The number of nitrogens with zero attached hydrogens (tertiary/aromatic N) is 2. The number of carbonyl (C=O) groups is 2. The Morgan fingerprint density at radius 2 is 1.91 bits per heavy atom. The van der Waals surface area contributed by atoms with Gasteiger partial charge < -0.3 is 9.64 Å². The van der Waals surface area contributed by atoms with Crippen molar-refractivity contribution < 1.29 is 14.3 Å². The van der Waals surface area contributed by atoms with Crippen molar-refractivity contribution in [1.29, 1.82) is 0 Å². The van der Waals surface area contributed by atoms with Crippen molar-refractivity contribution in [3.05, 3.63) is 59.9 Å². The lowest BCUT2D eigenvalue weighted by atomic mass is 10.2. The first-order valence-corrected chi connectivity index (χ1v) is 7.17. The average molecular weight is 296 g/mol. The highest BCUT2D eigenvalue weighted by Gasteiger charge is 2.29. The number of pyridine rings is 1. The third kappa shape index (κ3) is 2.70. The van der Waals surface area contributed by atoms with E-state index in [2.05, 4.69) is 4.98 Å². The van der Waals surface area contributed by atoms with Crippen LogP contribution in [0, 0.1) is 0 Å². The predicted molar refractivity (Wildman–Crippen MR) is 81.6 cm³/mol. The maximum atomic E-state index is 12.5. The highest BCUT2D eigenvalue weighted by molar-refractivity contribution is 6.00. The van der Waals surface area contributed by atoms with Crippen LogP contribution in [0.1, 0.15) is 22.8 Å². The van der Waals surface area contributed by atoms with Crippen LogP contribution in [0.5, 0.6) is 0 Å². The van der Waals surface area contributed by atoms with E-state index in [-0.39, 0.29) is 5.91 Å². The van der Waals surface area contributed by atoms with Crippen LogP contribution in [0.15, 0.2) is 48.8 Å². The third-order valence-electron chi connectivity index (χ3n) is 3.70. The summed E-state index contributed by atoms with van der Waals surface area (Å²) in [6, 6.07) is 10.9. The van der Waals surface area contributed by atoms with Gasteiger partial charge in [0.05, 0.1) is 5.56 Å². The number of fused-ring (bicyclic) bond motifs is 1. The SMILES string of the molecule is C[C@H](OC(=O)c1ccncc1)C(=O)N1CCc2ccccc21. The molecule has 1 aromatic heterocycles. The molecule has 5 heteroatoms. The molecule has 112 valence electrons. The second kappa shape index (κ2) is 5.97. The standard InChI is InChI=1S/C17H16N2O3/c1-12(22-17(21)14-6-9-18-10-7-14)16(20)19-11-8-13-4-2-3-5-15(13)19/h2-7,9-10,12H,8,11H2,1H3/t12-/m0/s1. The maximum absolute atomic E-state index is 12.5. The van der Waals surface area contributed by atoms with Crippen LogP contribution < -0.4 is 4.90 Å². The molecule has 1 aromatic carbocycles. The number of carbonyl (C=O) groups excluding carboxylic acids is 2. The van der Waals surface area contributed by atoms with Gasteiger partial charge in [0, 0.05) is 24.6 Å². The van der Waals surface area contributed by atoms with Crippen molar-refractivity contribution in [1.82, 2.24) is 4.98 Å². The summed E-state index contributed by atoms with van der Waals surface area (Å²) in [4.78, 5) is 30.0. The molecule has 2 heterocycles. The van der Waals surface area contributed by atoms with Gasteiger partial charge in [-0.25, -0.2) is 4.79 Å². The second-order valence-electron chi connectivity index (χ2n) is 5.15. The van der Waals surface area contributed by atoms with E-state index in [9.17, 15) is 9.59 Å². The van der Waals surface area contributed by atoms with E-state index in [0.29, 0.717) is 12.1 Å². The first kappa shape index (κ1) is 14.3. The molecule has 5 nitrogen and oxygen atoms in total. The number of amides is 1. The zero-order valence-corrected chi connectivity index (χ0v) is 12.2. The van der Waals surface area contributed by atoms with E-state index < -0.39 is 12.1 Å². The monoisotopic (exact) mass is 296 g/mol. The number of anilines is 1. The number of ether oxygens (including phenoxy) is 1. The molecule has 0 fully saturated rings. The summed E-state index contributed by atoms with van der Waals surface area (Å²) in [5.74, 6) is -0.719. The maximum Gasteiger partial charge on any atom is 0.339 e. The highest BCUT2D eigenvalue weighted by atomic mass is 16.5. The largest absolute Gasteiger partial charge is 0.449 e. The van der Waals surface area contributed by atoms with E-state index in [1.807, 2.05) is 24.3 Å². The predicted octanol–water partition coefficient (Wildman–Crippen LogP) is 2.22. The molecule has 0 bridgehead atoms. The Morgan fingerprint density at radius 3 is 2.68 bits per heavy atom. The smallest absolute Gasteiger partial charge is 0.339 e. The van der Waals surface area contributed by atoms with E-state index in [4.69, 9.17) is 4.74 Å². The fourth-order valence-electron chi connectivity index (χ4n) is 2.55. The lowest BCUT2D eigenvalue weighted by Gasteiger charge is -2.21. The Bertz CT molecular complexity index is 700. The fourth-order valence-corrected chi connectivity index (χ4v) is 2.55. The Balaban J connectivity index is 1.70. The molecule has 0 saturated heterocycles. The molecule has 0 aliphatic carbocycles. The van der Waals surface area contributed by atoms with Crippen molar-refractivity contribution in [2.45, 2.75) is 19.4 Å². The van der Waals surface area contributed by atoms with Crippen molar-refractivity contribution in [2.24, 2.45) is 0 Å². The molecular formula is C17H16N2O3. The number of rotatable bonds is 3. The minimum Gasteiger partial charge on any atom is -0.449 e. The lowest BCUT2D eigenvalue weighted by molar-refractivity contribution is -0.126. The number of benzene rings is 1. The van der Waals surface area contributed by atoms with Crippen LogP contribution in [0.25, 0.3) is 0 Å². The van der Waals surface area contributed by atoms with Gasteiger partial charge in [0.25, 0.3) is 5.91 Å². The number of esters is 1. The Hall–Kier alpha value is -2.69. The number of aromatic nitrogens is 1. The topological polar surface area (TPSA) is 59.5 Å². The van der Waals surface area contributed by atoms with Gasteiger partial charge in [-0.05, 0) is 37.1 Å². The first-order chi connectivity index (χ1) is 10.7. The molecule has 0 saturated carbocycles. The van der Waals surface area contributed by atoms with Gasteiger partial charge in [-0.2, -0.15) is 0 Å². The summed E-state index contributed by atoms with van der Waals surface area (Å²) < 4.78 is 5.27. The molecule has 1 atom stereocenters. The summed E-state index contributed by atoms with van der Waals surface area (Å²) >= 11 is 0. The van der Waals surface area contributed by atoms with Crippen molar-refractivity contribution in [2.75, 3.05) is 11.4 Å². The molecule has 1 aliphatic rings. The Morgan fingerprint density at radius 1 is 1.18 bits per heavy atom. The van der Waals surface area contributed by atoms with E-state index in [1.54, 1.807) is 24.0 Å². The molecule has 3 rings (SSSR count). The van der Waals surface area contributed by atoms with E-state index >= 15 is 0 Å². The van der Waals surface area contributed by atoms with Gasteiger partial charge in [0.2, 0.25) is 0 Å². The molecular weight excluding hydrogens is 280 g/mol. The average Bonchev–Trinajstić information content (AvgIpc) is 2.99. The summed E-state index contributed by atoms with van der Waals surface area (Å²) in [7, 11) is 0. The quantitative estimate of drug-likeness (QED) is 0.815. The fraction of sp³-hybridized carbons (Fsp3) is 0.235. The lowest BCUT2D eigenvalue weighted by Crippen LogP contribution is -2.39. The summed E-state index contributed by atoms with van der Waals surface area (Å²) in [5.41, 5.74) is 2.43.